The number of benzene rings is 2. The van der Waals surface area contributed by atoms with Gasteiger partial charge >= 0.3 is 0 Å². The molecule has 0 fully saturated rings. The van der Waals surface area contributed by atoms with Gasteiger partial charge in [0.05, 0.1) is 21.2 Å². The van der Waals surface area contributed by atoms with E-state index >= 15 is 0 Å². The predicted octanol–water partition coefficient (Wildman–Crippen LogP) is 5.70. The Kier molecular flexibility index (Phi) is 5.60. The number of amides is 2. The Morgan fingerprint density at radius 3 is 2.30 bits per heavy atom. The van der Waals surface area contributed by atoms with Crippen molar-refractivity contribution in [2.24, 2.45) is 0 Å². The van der Waals surface area contributed by atoms with Gasteiger partial charge in [0.25, 0.3) is 11.8 Å². The van der Waals surface area contributed by atoms with Gasteiger partial charge in [-0.3, -0.25) is 9.59 Å². The van der Waals surface area contributed by atoms with Gasteiger partial charge in [0.2, 0.25) is 0 Å². The second-order valence-electron chi connectivity index (χ2n) is 6.04. The summed E-state index contributed by atoms with van der Waals surface area (Å²) in [6, 6.07) is 7.22. The van der Waals surface area contributed by atoms with E-state index in [0.717, 1.165) is 12.1 Å². The molecular weight excluding hydrogens is 415 g/mol. The van der Waals surface area contributed by atoms with Crippen molar-refractivity contribution in [3.63, 3.8) is 0 Å². The maximum atomic E-state index is 14.2. The highest BCUT2D eigenvalue weighted by molar-refractivity contribution is 8.04. The number of anilines is 1. The molecule has 0 unspecified atom stereocenters. The molecule has 0 aliphatic carbocycles. The number of imide groups is 1. The van der Waals surface area contributed by atoms with Crippen LogP contribution in [0.25, 0.3) is 5.57 Å². The van der Waals surface area contributed by atoms with Crippen LogP contribution in [-0.4, -0.2) is 17.1 Å². The van der Waals surface area contributed by atoms with E-state index in [1.54, 1.807) is 6.07 Å². The van der Waals surface area contributed by atoms with Crippen LogP contribution in [0.5, 0.6) is 0 Å². The maximum Gasteiger partial charge on any atom is 0.272 e. The predicted molar refractivity (Wildman–Crippen MR) is 105 cm³/mol. The Labute approximate surface area is 168 Å². The molecule has 0 atom stereocenters. The maximum absolute atomic E-state index is 14.2. The topological polar surface area (TPSA) is 37.4 Å². The molecular formula is C19H13Cl2F2NO2S. The summed E-state index contributed by atoms with van der Waals surface area (Å²) in [4.78, 5) is 26.9. The molecule has 2 aromatic carbocycles. The molecule has 0 bridgehead atoms. The largest absolute Gasteiger partial charge is 0.272 e. The lowest BCUT2D eigenvalue weighted by atomic mass is 10.1. The van der Waals surface area contributed by atoms with Gasteiger partial charge in [-0.1, -0.05) is 43.1 Å². The van der Waals surface area contributed by atoms with Crippen LogP contribution in [0.3, 0.4) is 0 Å². The zero-order valence-electron chi connectivity index (χ0n) is 14.2. The van der Waals surface area contributed by atoms with Crippen molar-refractivity contribution in [2.45, 2.75) is 19.1 Å². The Balaban J connectivity index is 2.17. The molecule has 3 nitrogen and oxygen atoms in total. The average Bonchev–Trinajstić information content (AvgIpc) is 2.79. The SMILES string of the molecule is CC(C)SC1=C(c2ccc(Cl)cc2Cl)C(=O)N(c2ccc(F)cc2F)C1=O. The summed E-state index contributed by atoms with van der Waals surface area (Å²) in [5.74, 6) is -3.21. The van der Waals surface area contributed by atoms with E-state index in [1.165, 1.54) is 23.9 Å². The monoisotopic (exact) mass is 427 g/mol. The first kappa shape index (κ1) is 19.9. The minimum absolute atomic E-state index is 0.0177. The van der Waals surface area contributed by atoms with Gasteiger partial charge < -0.3 is 0 Å². The van der Waals surface area contributed by atoms with Crippen LogP contribution in [0, 0.1) is 11.6 Å². The molecule has 3 rings (SSSR count). The van der Waals surface area contributed by atoms with Crippen LogP contribution in [0.15, 0.2) is 41.3 Å². The van der Waals surface area contributed by atoms with Crippen LogP contribution in [0.1, 0.15) is 19.4 Å². The number of carbonyl (C=O) groups excluding carboxylic acids is 2. The molecule has 0 N–H and O–H groups in total. The molecule has 0 aromatic heterocycles. The molecule has 0 saturated heterocycles. The second-order valence-corrected chi connectivity index (χ2v) is 8.47. The lowest BCUT2D eigenvalue weighted by Gasteiger charge is -2.16. The summed E-state index contributed by atoms with van der Waals surface area (Å²) in [5.41, 5.74) is 0.0880. The molecule has 1 heterocycles. The smallest absolute Gasteiger partial charge is 0.268 e. The number of hydrogen-bond acceptors (Lipinski definition) is 3. The molecule has 2 aromatic rings. The summed E-state index contributed by atoms with van der Waals surface area (Å²) in [5, 5.41) is 0.554. The van der Waals surface area contributed by atoms with Gasteiger partial charge in [0.15, 0.2) is 0 Å². The number of hydrogen-bond donors (Lipinski definition) is 0. The molecule has 27 heavy (non-hydrogen) atoms. The number of rotatable bonds is 4. The second kappa shape index (κ2) is 7.62. The standard InChI is InChI=1S/C19H13Cl2F2NO2S/c1-9(2)27-17-16(12-5-3-10(20)7-13(12)21)18(25)24(19(17)26)15-6-4-11(22)8-14(15)23/h3-9H,1-2H3. The third-order valence-electron chi connectivity index (χ3n) is 3.75. The zero-order chi connectivity index (χ0) is 19.9. The van der Waals surface area contributed by atoms with Crippen molar-refractivity contribution < 1.29 is 18.4 Å². The van der Waals surface area contributed by atoms with Gasteiger partial charge in [0.1, 0.15) is 11.6 Å². The fraction of sp³-hybridized carbons (Fsp3) is 0.158. The van der Waals surface area contributed by atoms with Crippen LogP contribution < -0.4 is 4.90 Å². The first-order chi connectivity index (χ1) is 12.7. The Hall–Kier alpha value is -1.89. The molecule has 140 valence electrons. The first-order valence-corrected chi connectivity index (χ1v) is 9.54. The quantitative estimate of drug-likeness (QED) is 0.587. The van der Waals surface area contributed by atoms with Crippen molar-refractivity contribution in [1.82, 2.24) is 0 Å². The molecule has 8 heteroatoms. The first-order valence-electron chi connectivity index (χ1n) is 7.91. The van der Waals surface area contributed by atoms with Crippen LogP contribution >= 0.6 is 35.0 Å². The minimum atomic E-state index is -1.01. The van der Waals surface area contributed by atoms with E-state index in [-0.39, 0.29) is 26.4 Å². The van der Waals surface area contributed by atoms with E-state index in [9.17, 15) is 18.4 Å². The van der Waals surface area contributed by atoms with Crippen LogP contribution in [0.4, 0.5) is 14.5 Å². The van der Waals surface area contributed by atoms with Gasteiger partial charge in [-0.25, -0.2) is 13.7 Å². The Morgan fingerprint density at radius 2 is 1.70 bits per heavy atom. The Morgan fingerprint density at radius 1 is 1.00 bits per heavy atom. The van der Waals surface area contributed by atoms with Crippen LogP contribution in [-0.2, 0) is 9.59 Å². The normalized spacial score (nSPS) is 14.7. The lowest BCUT2D eigenvalue weighted by Crippen LogP contribution is -2.32. The zero-order valence-corrected chi connectivity index (χ0v) is 16.6. The van der Waals surface area contributed by atoms with E-state index in [4.69, 9.17) is 23.2 Å². The number of halogens is 4. The third-order valence-corrected chi connectivity index (χ3v) is 5.38. The van der Waals surface area contributed by atoms with Crippen molar-refractivity contribution in [1.29, 1.82) is 0 Å². The highest BCUT2D eigenvalue weighted by Gasteiger charge is 2.42. The van der Waals surface area contributed by atoms with Crippen molar-refractivity contribution in [3.05, 3.63) is 68.5 Å². The average molecular weight is 428 g/mol. The van der Waals surface area contributed by atoms with Gasteiger partial charge in [-0.05, 0) is 24.3 Å². The molecule has 0 radical (unpaired) electrons. The van der Waals surface area contributed by atoms with Gasteiger partial charge in [-0.2, -0.15) is 0 Å². The minimum Gasteiger partial charge on any atom is -0.268 e. The van der Waals surface area contributed by atoms with Crippen LogP contribution in [0.2, 0.25) is 10.0 Å². The molecule has 1 aliphatic rings. The fourth-order valence-electron chi connectivity index (χ4n) is 2.67. The van der Waals surface area contributed by atoms with Crippen molar-refractivity contribution in [3.8, 4) is 0 Å². The van der Waals surface area contributed by atoms with Crippen molar-refractivity contribution in [2.75, 3.05) is 4.90 Å². The third kappa shape index (κ3) is 3.74. The summed E-state index contributed by atoms with van der Waals surface area (Å²) in [7, 11) is 0. The van der Waals surface area contributed by atoms with E-state index in [0.29, 0.717) is 21.6 Å². The number of nitrogens with zero attached hydrogens (tertiary/aromatic N) is 1. The number of carbonyl (C=O) groups is 2. The molecule has 2 amide bonds. The lowest BCUT2D eigenvalue weighted by molar-refractivity contribution is -0.119. The molecule has 1 aliphatic heterocycles. The fourth-order valence-corrected chi connectivity index (χ4v) is 4.15. The summed E-state index contributed by atoms with van der Waals surface area (Å²) >= 11 is 13.3. The summed E-state index contributed by atoms with van der Waals surface area (Å²) in [6.07, 6.45) is 0. The summed E-state index contributed by atoms with van der Waals surface area (Å²) in [6.45, 7) is 3.72. The number of thioether (sulfide) groups is 1. The highest BCUT2D eigenvalue weighted by atomic mass is 35.5. The van der Waals surface area contributed by atoms with Gasteiger partial charge in [-0.15, -0.1) is 11.8 Å². The van der Waals surface area contributed by atoms with Gasteiger partial charge in [0, 0.05) is 21.9 Å². The highest BCUT2D eigenvalue weighted by Crippen LogP contribution is 2.42. The Bertz CT molecular complexity index is 992. The molecule has 0 spiro atoms. The van der Waals surface area contributed by atoms with E-state index in [2.05, 4.69) is 0 Å². The van der Waals surface area contributed by atoms with Crippen molar-refractivity contribution >= 4 is 58.0 Å². The van der Waals surface area contributed by atoms with E-state index in [1.807, 2.05) is 13.8 Å². The summed E-state index contributed by atoms with van der Waals surface area (Å²) < 4.78 is 27.5. The molecule has 0 saturated carbocycles. The van der Waals surface area contributed by atoms with E-state index < -0.39 is 23.4 Å².